The molecule has 18 heavy (non-hydrogen) atoms. The summed E-state index contributed by atoms with van der Waals surface area (Å²) in [6, 6.07) is -0.438. The quantitative estimate of drug-likeness (QED) is 0.758. The number of hydrogen-bond acceptors (Lipinski definition) is 5. The Balaban J connectivity index is 2.33. The highest BCUT2D eigenvalue weighted by Gasteiger charge is 2.46. The van der Waals surface area contributed by atoms with E-state index in [0.717, 1.165) is 4.90 Å². The molecule has 1 fully saturated rings. The van der Waals surface area contributed by atoms with E-state index in [1.165, 1.54) is 7.05 Å². The Morgan fingerprint density at radius 3 is 2.39 bits per heavy atom. The molecule has 10 heteroatoms. The maximum absolute atomic E-state index is 12.3. The zero-order valence-electron chi connectivity index (χ0n) is 8.92. The predicted octanol–water partition coefficient (Wildman–Crippen LogP) is 0.202. The molecular formula is C8H8F3N3O4. The first-order chi connectivity index (χ1) is 8.23. The summed E-state index contributed by atoms with van der Waals surface area (Å²) in [6.45, 7) is 0. The Hall–Kier alpha value is -1.81. The minimum Gasteiger partial charge on any atom is -0.369 e. The number of nitrogens with zero attached hydrogens (tertiary/aromatic N) is 3. The molecule has 2 rings (SSSR count). The molecule has 1 aliphatic rings. The molecule has 100 valence electrons. The monoisotopic (exact) mass is 267 g/mol. The summed E-state index contributed by atoms with van der Waals surface area (Å²) in [5, 5.41) is 21.6. The van der Waals surface area contributed by atoms with Crippen LogP contribution in [0.4, 0.5) is 23.8 Å². The topological polar surface area (TPSA) is 90.0 Å². The van der Waals surface area contributed by atoms with E-state index in [0.29, 0.717) is 11.0 Å². The Labute approximate surface area is 98.0 Å². The summed E-state index contributed by atoms with van der Waals surface area (Å²) < 4.78 is 41.2. The van der Waals surface area contributed by atoms with Gasteiger partial charge in [-0.15, -0.1) is 0 Å². The molecular weight excluding hydrogens is 259 g/mol. The first kappa shape index (κ1) is 12.6. The van der Waals surface area contributed by atoms with E-state index in [2.05, 4.69) is 9.68 Å². The van der Waals surface area contributed by atoms with Gasteiger partial charge in [0.2, 0.25) is 5.88 Å². The number of aliphatic hydroxyl groups is 2. The Bertz CT molecular complexity index is 474. The third-order valence-electron chi connectivity index (χ3n) is 2.46. The molecule has 0 radical (unpaired) electrons. The minimum atomic E-state index is -4.72. The molecule has 2 atom stereocenters. The number of likely N-dealkylation sites (N-methyl/N-ethyl adjacent to an activating group) is 1. The van der Waals surface area contributed by atoms with Crippen molar-refractivity contribution in [2.75, 3.05) is 11.9 Å². The summed E-state index contributed by atoms with van der Waals surface area (Å²) in [7, 11) is 1.18. The molecule has 0 saturated carbocycles. The normalized spacial score (nSPS) is 25.1. The number of carbonyl (C=O) groups excluding carboxylic acids is 1. The first-order valence-electron chi connectivity index (χ1n) is 4.69. The summed E-state index contributed by atoms with van der Waals surface area (Å²) in [4.78, 5) is 12.8. The average Bonchev–Trinajstić information content (AvgIpc) is 2.81. The maximum Gasteiger partial charge on any atom is 0.436 e. The van der Waals surface area contributed by atoms with E-state index in [-0.39, 0.29) is 0 Å². The number of aromatic nitrogens is 1. The van der Waals surface area contributed by atoms with Crippen LogP contribution >= 0.6 is 0 Å². The van der Waals surface area contributed by atoms with E-state index >= 15 is 0 Å². The zero-order valence-corrected chi connectivity index (χ0v) is 8.92. The zero-order chi connectivity index (χ0) is 13.7. The fourth-order valence-electron chi connectivity index (χ4n) is 1.47. The SMILES string of the molecule is CN1C(=O)N(c2cc(C(F)(F)F)no2)C(O)C1O. The van der Waals surface area contributed by atoms with Crippen molar-refractivity contribution in [3.8, 4) is 0 Å². The fraction of sp³-hybridized carbons (Fsp3) is 0.500. The van der Waals surface area contributed by atoms with E-state index in [1.54, 1.807) is 0 Å². The van der Waals surface area contributed by atoms with E-state index < -0.39 is 36.2 Å². The third-order valence-corrected chi connectivity index (χ3v) is 2.46. The summed E-state index contributed by atoms with van der Waals surface area (Å²) in [5.74, 6) is -0.594. The van der Waals surface area contributed by atoms with Gasteiger partial charge in [-0.25, -0.2) is 9.69 Å². The lowest BCUT2D eigenvalue weighted by Crippen LogP contribution is -2.36. The highest BCUT2D eigenvalue weighted by atomic mass is 19.4. The largest absolute Gasteiger partial charge is 0.436 e. The Kier molecular flexibility index (Phi) is 2.70. The number of carbonyl (C=O) groups is 1. The lowest BCUT2D eigenvalue weighted by molar-refractivity contribution is -0.142. The Morgan fingerprint density at radius 2 is 2.00 bits per heavy atom. The van der Waals surface area contributed by atoms with Crippen LogP contribution in [0.25, 0.3) is 0 Å². The predicted molar refractivity (Wildman–Crippen MR) is 49.2 cm³/mol. The smallest absolute Gasteiger partial charge is 0.369 e. The molecule has 0 aromatic carbocycles. The van der Waals surface area contributed by atoms with E-state index in [9.17, 15) is 28.2 Å². The van der Waals surface area contributed by atoms with Gasteiger partial charge in [0.15, 0.2) is 18.1 Å². The van der Waals surface area contributed by atoms with Crippen molar-refractivity contribution in [1.82, 2.24) is 10.1 Å². The summed E-state index contributed by atoms with van der Waals surface area (Å²) in [6.07, 6.45) is -8.01. The van der Waals surface area contributed by atoms with Gasteiger partial charge >= 0.3 is 12.2 Å². The van der Waals surface area contributed by atoms with Gasteiger partial charge in [-0.05, 0) is 0 Å². The van der Waals surface area contributed by atoms with Crippen molar-refractivity contribution in [2.24, 2.45) is 0 Å². The first-order valence-corrected chi connectivity index (χ1v) is 4.69. The van der Waals surface area contributed by atoms with Crippen LogP contribution in [0.15, 0.2) is 10.6 Å². The van der Waals surface area contributed by atoms with Crippen molar-refractivity contribution in [3.63, 3.8) is 0 Å². The van der Waals surface area contributed by atoms with Crippen molar-refractivity contribution in [3.05, 3.63) is 11.8 Å². The van der Waals surface area contributed by atoms with Gasteiger partial charge in [0.1, 0.15) is 0 Å². The van der Waals surface area contributed by atoms with Gasteiger partial charge < -0.3 is 14.7 Å². The second kappa shape index (κ2) is 3.85. The number of halogens is 3. The van der Waals surface area contributed by atoms with Crippen molar-refractivity contribution >= 4 is 11.9 Å². The van der Waals surface area contributed by atoms with Crippen LogP contribution in [0.5, 0.6) is 0 Å². The molecule has 0 aliphatic carbocycles. The lowest BCUT2D eigenvalue weighted by atomic mass is 10.4. The minimum absolute atomic E-state index is 0.465. The van der Waals surface area contributed by atoms with Crippen molar-refractivity contribution in [1.29, 1.82) is 0 Å². The van der Waals surface area contributed by atoms with Crippen LogP contribution in [0.2, 0.25) is 0 Å². The molecule has 7 nitrogen and oxygen atoms in total. The molecule has 0 spiro atoms. The van der Waals surface area contributed by atoms with Gasteiger partial charge in [-0.3, -0.25) is 4.90 Å². The highest BCUT2D eigenvalue weighted by molar-refractivity contribution is 5.93. The fourth-order valence-corrected chi connectivity index (χ4v) is 1.47. The number of alkyl halides is 3. The molecule has 2 amide bonds. The standard InChI is InChI=1S/C8H8F3N3O4/c1-13-5(15)6(16)14(7(13)17)4-2-3(12-18-4)8(9,10)11/h2,5-6,15-16H,1H3. The Morgan fingerprint density at radius 1 is 1.39 bits per heavy atom. The number of amides is 2. The van der Waals surface area contributed by atoms with E-state index in [1.807, 2.05) is 0 Å². The molecule has 0 bridgehead atoms. The number of hydrogen-bond donors (Lipinski definition) is 2. The number of urea groups is 1. The molecule has 2 N–H and O–H groups in total. The molecule has 1 saturated heterocycles. The highest BCUT2D eigenvalue weighted by Crippen LogP contribution is 2.33. The number of rotatable bonds is 1. The van der Waals surface area contributed by atoms with Gasteiger partial charge in [0, 0.05) is 13.1 Å². The van der Waals surface area contributed by atoms with Gasteiger partial charge in [-0.2, -0.15) is 13.2 Å². The van der Waals surface area contributed by atoms with Crippen molar-refractivity contribution in [2.45, 2.75) is 18.6 Å². The van der Waals surface area contributed by atoms with Crippen molar-refractivity contribution < 1.29 is 32.7 Å². The summed E-state index contributed by atoms with van der Waals surface area (Å²) >= 11 is 0. The van der Waals surface area contributed by atoms with Crippen LogP contribution in [0.3, 0.4) is 0 Å². The molecule has 2 unspecified atom stereocenters. The molecule has 2 heterocycles. The second-order valence-corrected chi connectivity index (χ2v) is 3.64. The van der Waals surface area contributed by atoms with Gasteiger partial charge in [0.05, 0.1) is 0 Å². The van der Waals surface area contributed by atoms with Crippen LogP contribution in [0, 0.1) is 0 Å². The average molecular weight is 267 g/mol. The van der Waals surface area contributed by atoms with Crippen LogP contribution in [-0.4, -0.2) is 45.8 Å². The van der Waals surface area contributed by atoms with Gasteiger partial charge in [0.25, 0.3) is 0 Å². The maximum atomic E-state index is 12.3. The number of aliphatic hydroxyl groups excluding tert-OH is 2. The molecule has 1 aromatic rings. The lowest BCUT2D eigenvalue weighted by Gasteiger charge is -2.14. The molecule has 1 aromatic heterocycles. The van der Waals surface area contributed by atoms with E-state index in [4.69, 9.17) is 0 Å². The molecule has 1 aliphatic heterocycles. The third kappa shape index (κ3) is 1.78. The second-order valence-electron chi connectivity index (χ2n) is 3.64. The number of anilines is 1. The van der Waals surface area contributed by atoms with Crippen LogP contribution < -0.4 is 4.90 Å². The van der Waals surface area contributed by atoms with Crippen LogP contribution in [0.1, 0.15) is 5.69 Å². The van der Waals surface area contributed by atoms with Crippen LogP contribution in [-0.2, 0) is 6.18 Å². The summed E-state index contributed by atoms with van der Waals surface area (Å²) in [5.41, 5.74) is -1.33. The van der Waals surface area contributed by atoms with Gasteiger partial charge in [-0.1, -0.05) is 5.16 Å².